The molecular weight excluding hydrogens is 238 g/mol. The molecule has 1 amide bonds. The predicted octanol–water partition coefficient (Wildman–Crippen LogP) is 2.00. The maximum Gasteiger partial charge on any atom is 0.217 e. The molecule has 98 valence electrons. The van der Waals surface area contributed by atoms with Crippen LogP contribution in [0.15, 0.2) is 36.5 Å². The molecular formula is C15H17N3O. The Balaban J connectivity index is 1.83. The Kier molecular flexibility index (Phi) is 3.07. The third kappa shape index (κ3) is 2.52. The number of benzene rings is 1. The largest absolute Gasteiger partial charge is 0.352 e. The van der Waals surface area contributed by atoms with Crippen molar-refractivity contribution in [2.24, 2.45) is 0 Å². The van der Waals surface area contributed by atoms with E-state index < -0.39 is 0 Å². The van der Waals surface area contributed by atoms with Crippen LogP contribution in [0.3, 0.4) is 0 Å². The summed E-state index contributed by atoms with van der Waals surface area (Å²) in [6.07, 6.45) is 3.96. The summed E-state index contributed by atoms with van der Waals surface area (Å²) >= 11 is 0. The molecule has 0 radical (unpaired) electrons. The van der Waals surface area contributed by atoms with Crippen molar-refractivity contribution in [2.45, 2.75) is 32.4 Å². The van der Waals surface area contributed by atoms with Gasteiger partial charge in [0.05, 0.1) is 5.69 Å². The van der Waals surface area contributed by atoms with Crippen molar-refractivity contribution in [3.8, 4) is 11.3 Å². The number of amides is 1. The van der Waals surface area contributed by atoms with E-state index in [0.717, 1.165) is 36.5 Å². The van der Waals surface area contributed by atoms with Crippen LogP contribution in [0.2, 0.25) is 0 Å². The molecule has 4 heteroatoms. The van der Waals surface area contributed by atoms with Crippen molar-refractivity contribution in [1.82, 2.24) is 14.9 Å². The van der Waals surface area contributed by atoms with E-state index in [4.69, 9.17) is 0 Å². The number of hydrogen-bond donors (Lipinski definition) is 1. The third-order valence-corrected chi connectivity index (χ3v) is 3.47. The lowest BCUT2D eigenvalue weighted by Gasteiger charge is -2.23. The Morgan fingerprint density at radius 2 is 2.16 bits per heavy atom. The Morgan fingerprint density at radius 3 is 2.89 bits per heavy atom. The average Bonchev–Trinajstić information content (AvgIpc) is 2.82. The van der Waals surface area contributed by atoms with E-state index in [2.05, 4.69) is 33.2 Å². The van der Waals surface area contributed by atoms with Crippen LogP contribution in [-0.4, -0.2) is 21.5 Å². The zero-order valence-corrected chi connectivity index (χ0v) is 11.0. The molecule has 0 bridgehead atoms. The number of hydrogen-bond acceptors (Lipinski definition) is 2. The second-order valence-electron chi connectivity index (χ2n) is 5.00. The highest BCUT2D eigenvalue weighted by atomic mass is 16.1. The van der Waals surface area contributed by atoms with E-state index >= 15 is 0 Å². The summed E-state index contributed by atoms with van der Waals surface area (Å²) in [5.74, 6) is 1.15. The normalized spacial score (nSPS) is 17.8. The van der Waals surface area contributed by atoms with Crippen LogP contribution in [0.5, 0.6) is 0 Å². The highest BCUT2D eigenvalue weighted by Crippen LogP contribution is 2.22. The van der Waals surface area contributed by atoms with Crippen LogP contribution < -0.4 is 5.32 Å². The first kappa shape index (κ1) is 12.0. The van der Waals surface area contributed by atoms with Gasteiger partial charge < -0.3 is 9.88 Å². The standard InChI is InChI=1S/C15H17N3O/c1-11(19)16-13-7-8-15-17-14(10-18(15)9-13)12-5-3-2-4-6-12/h2-6,10,13H,7-9H2,1H3,(H,16,19). The smallest absolute Gasteiger partial charge is 0.217 e. The molecule has 0 fully saturated rings. The number of nitrogens with zero attached hydrogens (tertiary/aromatic N) is 2. The number of imidazole rings is 1. The van der Waals surface area contributed by atoms with Gasteiger partial charge in [-0.05, 0) is 6.42 Å². The molecule has 1 N–H and O–H groups in total. The molecule has 1 aliphatic heterocycles. The third-order valence-electron chi connectivity index (χ3n) is 3.47. The minimum atomic E-state index is 0.0387. The second kappa shape index (κ2) is 4.88. The summed E-state index contributed by atoms with van der Waals surface area (Å²) in [7, 11) is 0. The summed E-state index contributed by atoms with van der Waals surface area (Å²) in [6.45, 7) is 2.38. The van der Waals surface area contributed by atoms with Crippen LogP contribution in [0.25, 0.3) is 11.3 Å². The molecule has 1 unspecified atom stereocenters. The van der Waals surface area contributed by atoms with Crippen molar-refractivity contribution in [1.29, 1.82) is 0 Å². The Morgan fingerprint density at radius 1 is 1.37 bits per heavy atom. The summed E-state index contributed by atoms with van der Waals surface area (Å²) in [5, 5.41) is 2.98. The Bertz CT molecular complexity index is 589. The van der Waals surface area contributed by atoms with E-state index in [0.29, 0.717) is 0 Å². The summed E-state index contributed by atoms with van der Waals surface area (Å²) < 4.78 is 2.16. The molecule has 1 aromatic carbocycles. The minimum absolute atomic E-state index is 0.0387. The molecule has 3 rings (SSSR count). The number of aromatic nitrogens is 2. The van der Waals surface area contributed by atoms with E-state index in [1.54, 1.807) is 6.92 Å². The lowest BCUT2D eigenvalue weighted by molar-refractivity contribution is -0.119. The maximum atomic E-state index is 11.1. The fourth-order valence-electron chi connectivity index (χ4n) is 2.60. The molecule has 19 heavy (non-hydrogen) atoms. The monoisotopic (exact) mass is 255 g/mol. The first-order valence-electron chi connectivity index (χ1n) is 6.61. The molecule has 1 atom stereocenters. The Hall–Kier alpha value is -2.10. The van der Waals surface area contributed by atoms with Gasteiger partial charge in [-0.2, -0.15) is 0 Å². The van der Waals surface area contributed by atoms with Crippen LogP contribution in [0, 0.1) is 0 Å². The lowest BCUT2D eigenvalue weighted by Crippen LogP contribution is -2.39. The van der Waals surface area contributed by atoms with Crippen molar-refractivity contribution in [2.75, 3.05) is 0 Å². The molecule has 2 heterocycles. The predicted molar refractivity (Wildman–Crippen MR) is 73.6 cm³/mol. The molecule has 1 aromatic heterocycles. The SMILES string of the molecule is CC(=O)NC1CCc2nc(-c3ccccc3)cn2C1. The number of aryl methyl sites for hydroxylation is 1. The van der Waals surface area contributed by atoms with Gasteiger partial charge >= 0.3 is 0 Å². The quantitative estimate of drug-likeness (QED) is 0.892. The summed E-state index contributed by atoms with van der Waals surface area (Å²) in [5.41, 5.74) is 2.15. The van der Waals surface area contributed by atoms with Crippen molar-refractivity contribution in [3.63, 3.8) is 0 Å². The van der Waals surface area contributed by atoms with Crippen molar-refractivity contribution in [3.05, 3.63) is 42.4 Å². The fourth-order valence-corrected chi connectivity index (χ4v) is 2.60. The van der Waals surface area contributed by atoms with Gasteiger partial charge in [0.2, 0.25) is 5.91 Å². The van der Waals surface area contributed by atoms with Gasteiger partial charge in [-0.25, -0.2) is 4.98 Å². The van der Waals surface area contributed by atoms with E-state index in [-0.39, 0.29) is 11.9 Å². The highest BCUT2D eigenvalue weighted by molar-refractivity contribution is 5.73. The van der Waals surface area contributed by atoms with Crippen molar-refractivity contribution < 1.29 is 4.79 Å². The number of rotatable bonds is 2. The van der Waals surface area contributed by atoms with E-state index in [1.807, 2.05) is 18.2 Å². The topological polar surface area (TPSA) is 46.9 Å². The first-order chi connectivity index (χ1) is 9.22. The second-order valence-corrected chi connectivity index (χ2v) is 5.00. The molecule has 2 aromatic rings. The van der Waals surface area contributed by atoms with E-state index in [9.17, 15) is 4.79 Å². The number of nitrogens with one attached hydrogen (secondary N) is 1. The molecule has 0 aliphatic carbocycles. The van der Waals surface area contributed by atoms with Gasteiger partial charge in [0, 0.05) is 37.7 Å². The van der Waals surface area contributed by atoms with Gasteiger partial charge in [-0.1, -0.05) is 30.3 Å². The number of fused-ring (bicyclic) bond motifs is 1. The maximum absolute atomic E-state index is 11.1. The molecule has 0 saturated heterocycles. The van der Waals surface area contributed by atoms with Gasteiger partial charge in [0.15, 0.2) is 0 Å². The van der Waals surface area contributed by atoms with Crippen molar-refractivity contribution >= 4 is 5.91 Å². The fraction of sp³-hybridized carbons (Fsp3) is 0.333. The summed E-state index contributed by atoms with van der Waals surface area (Å²) in [6, 6.07) is 10.4. The minimum Gasteiger partial charge on any atom is -0.352 e. The zero-order chi connectivity index (χ0) is 13.2. The molecule has 4 nitrogen and oxygen atoms in total. The van der Waals surface area contributed by atoms with Crippen LogP contribution in [-0.2, 0) is 17.8 Å². The van der Waals surface area contributed by atoms with Crippen LogP contribution in [0.4, 0.5) is 0 Å². The Labute approximate surface area is 112 Å². The van der Waals surface area contributed by atoms with Gasteiger partial charge in [0.1, 0.15) is 5.82 Å². The summed E-state index contributed by atoms with van der Waals surface area (Å²) in [4.78, 5) is 15.8. The molecule has 0 saturated carbocycles. The van der Waals surface area contributed by atoms with Gasteiger partial charge in [-0.15, -0.1) is 0 Å². The average molecular weight is 255 g/mol. The van der Waals surface area contributed by atoms with Crippen LogP contribution >= 0.6 is 0 Å². The molecule has 0 spiro atoms. The van der Waals surface area contributed by atoms with Gasteiger partial charge in [-0.3, -0.25) is 4.79 Å². The lowest BCUT2D eigenvalue weighted by atomic mass is 10.1. The number of carbonyl (C=O) groups is 1. The van der Waals surface area contributed by atoms with Crippen LogP contribution in [0.1, 0.15) is 19.2 Å². The number of carbonyl (C=O) groups excluding carboxylic acids is 1. The molecule has 1 aliphatic rings. The zero-order valence-electron chi connectivity index (χ0n) is 11.0. The highest BCUT2D eigenvalue weighted by Gasteiger charge is 2.21. The first-order valence-corrected chi connectivity index (χ1v) is 6.61. The van der Waals surface area contributed by atoms with E-state index in [1.165, 1.54) is 0 Å². The van der Waals surface area contributed by atoms with Gasteiger partial charge in [0.25, 0.3) is 0 Å².